The van der Waals surface area contributed by atoms with Crippen molar-refractivity contribution in [3.63, 3.8) is 0 Å². The van der Waals surface area contributed by atoms with E-state index in [4.69, 9.17) is 0 Å². The van der Waals surface area contributed by atoms with Crippen molar-refractivity contribution >= 4 is 29.4 Å². The molecule has 9 heteroatoms. The van der Waals surface area contributed by atoms with Gasteiger partial charge in [0.1, 0.15) is 0 Å². The highest BCUT2D eigenvalue weighted by Crippen LogP contribution is 2.19. The molecule has 2 N–H and O–H groups in total. The Morgan fingerprint density at radius 1 is 1.15 bits per heavy atom. The molecule has 5 nitrogen and oxygen atoms in total. The normalized spacial score (nSPS) is 12.4. The molecule has 0 saturated heterocycles. The van der Waals surface area contributed by atoms with Gasteiger partial charge in [-0.3, -0.25) is 19.7 Å². The van der Waals surface area contributed by atoms with Crippen LogP contribution in [-0.4, -0.2) is 47.9 Å². The molecule has 0 spiro atoms. The van der Waals surface area contributed by atoms with E-state index in [2.05, 4.69) is 10.6 Å². The van der Waals surface area contributed by atoms with Crippen LogP contribution < -0.4 is 10.6 Å². The third-order valence-electron chi connectivity index (χ3n) is 3.59. The summed E-state index contributed by atoms with van der Waals surface area (Å²) in [5, 5.41) is 5.30. The average Bonchev–Trinajstić information content (AvgIpc) is 2.59. The summed E-state index contributed by atoms with van der Waals surface area (Å²) in [7, 11) is 0. The molecule has 0 aliphatic rings. The molecule has 0 saturated carbocycles. The number of Topliss-reactive ketones (excluding diaryl/α,β-unsaturated/α-hetero) is 1. The van der Waals surface area contributed by atoms with Crippen LogP contribution in [0.15, 0.2) is 30.3 Å². The van der Waals surface area contributed by atoms with Crippen LogP contribution in [0.4, 0.5) is 13.2 Å². The molecule has 2 amide bonds. The Balaban J connectivity index is 2.41. The Kier molecular flexibility index (Phi) is 10.1. The molecule has 0 aliphatic heterocycles. The summed E-state index contributed by atoms with van der Waals surface area (Å²) >= 11 is 0.881. The minimum absolute atomic E-state index is 0.312. The van der Waals surface area contributed by atoms with Gasteiger partial charge in [0.2, 0.25) is 17.6 Å². The summed E-state index contributed by atoms with van der Waals surface area (Å²) in [5.41, 5.74) is 1.09. The van der Waals surface area contributed by atoms with Crippen LogP contribution in [0.5, 0.6) is 0 Å². The maximum atomic E-state index is 12.1. The molecule has 0 unspecified atom stereocenters. The SMILES string of the molecule is CC(=O)NC(=O)[C@H](CCCSCC(=O)C(F)(F)F)NCCc1ccccc1. The lowest BCUT2D eigenvalue weighted by atomic mass is 10.1. The molecular formula is C18H23F3N2O3S. The Morgan fingerprint density at radius 2 is 1.81 bits per heavy atom. The molecule has 1 rings (SSSR count). The van der Waals surface area contributed by atoms with Gasteiger partial charge in [-0.25, -0.2) is 0 Å². The minimum Gasteiger partial charge on any atom is -0.306 e. The van der Waals surface area contributed by atoms with E-state index in [0.29, 0.717) is 31.6 Å². The molecule has 0 bridgehead atoms. The zero-order valence-electron chi connectivity index (χ0n) is 15.0. The highest BCUT2D eigenvalue weighted by molar-refractivity contribution is 7.99. The Morgan fingerprint density at radius 3 is 2.41 bits per heavy atom. The molecule has 0 radical (unpaired) electrons. The van der Waals surface area contributed by atoms with Gasteiger partial charge in [0.25, 0.3) is 0 Å². The van der Waals surface area contributed by atoms with E-state index in [1.54, 1.807) is 0 Å². The molecule has 0 aliphatic carbocycles. The summed E-state index contributed by atoms with van der Waals surface area (Å²) in [6.07, 6.45) is -3.33. The number of alkyl halides is 3. The zero-order valence-corrected chi connectivity index (χ0v) is 15.8. The highest BCUT2D eigenvalue weighted by atomic mass is 32.2. The summed E-state index contributed by atoms with van der Waals surface area (Å²) < 4.78 is 36.4. The molecule has 0 aromatic heterocycles. The van der Waals surface area contributed by atoms with Gasteiger partial charge in [-0.15, -0.1) is 0 Å². The van der Waals surface area contributed by atoms with Crippen LogP contribution in [0.1, 0.15) is 25.3 Å². The van der Waals surface area contributed by atoms with Crippen molar-refractivity contribution in [1.82, 2.24) is 10.6 Å². The zero-order chi connectivity index (χ0) is 20.3. The smallest absolute Gasteiger partial charge is 0.306 e. The molecule has 0 fully saturated rings. The second-order valence-electron chi connectivity index (χ2n) is 5.90. The highest BCUT2D eigenvalue weighted by Gasteiger charge is 2.37. The van der Waals surface area contributed by atoms with Gasteiger partial charge < -0.3 is 5.32 Å². The lowest BCUT2D eigenvalue weighted by Gasteiger charge is -2.17. The number of thioether (sulfide) groups is 1. The minimum atomic E-state index is -4.81. The Labute approximate surface area is 160 Å². The number of nitrogens with one attached hydrogen (secondary N) is 2. The van der Waals surface area contributed by atoms with E-state index in [0.717, 1.165) is 17.3 Å². The second kappa shape index (κ2) is 11.8. The molecule has 27 heavy (non-hydrogen) atoms. The third-order valence-corrected chi connectivity index (χ3v) is 4.64. The van der Waals surface area contributed by atoms with Crippen molar-refractivity contribution in [2.24, 2.45) is 0 Å². The summed E-state index contributed by atoms with van der Waals surface area (Å²) in [4.78, 5) is 34.0. The maximum absolute atomic E-state index is 12.1. The van der Waals surface area contributed by atoms with E-state index in [9.17, 15) is 27.6 Å². The summed E-state index contributed by atoms with van der Waals surface area (Å²) in [6, 6.07) is 9.02. The van der Waals surface area contributed by atoms with E-state index in [-0.39, 0.29) is 0 Å². The summed E-state index contributed by atoms with van der Waals surface area (Å²) in [5.74, 6) is -3.02. The second-order valence-corrected chi connectivity index (χ2v) is 7.01. The van der Waals surface area contributed by atoms with Gasteiger partial charge in [-0.2, -0.15) is 24.9 Å². The van der Waals surface area contributed by atoms with Gasteiger partial charge in [0.05, 0.1) is 11.8 Å². The van der Waals surface area contributed by atoms with Crippen LogP contribution in [0.25, 0.3) is 0 Å². The van der Waals surface area contributed by atoms with Gasteiger partial charge in [0, 0.05) is 6.92 Å². The topological polar surface area (TPSA) is 75.3 Å². The predicted molar refractivity (Wildman–Crippen MR) is 98.4 cm³/mol. The standard InChI is InChI=1S/C18H23F3N2O3S/c1-13(24)23-17(26)15(22-10-9-14-6-3-2-4-7-14)8-5-11-27-12-16(25)18(19,20)21/h2-4,6-7,15,22H,5,8-12H2,1H3,(H,23,24,26)/t15-/m0/s1. The molecule has 1 atom stereocenters. The van der Waals surface area contributed by atoms with Crippen molar-refractivity contribution in [2.45, 2.75) is 38.4 Å². The number of benzene rings is 1. The molecule has 0 heterocycles. The lowest BCUT2D eigenvalue weighted by molar-refractivity contribution is -0.167. The quantitative estimate of drug-likeness (QED) is 0.555. The number of hydrogen-bond donors (Lipinski definition) is 2. The van der Waals surface area contributed by atoms with Gasteiger partial charge >= 0.3 is 6.18 Å². The molecule has 1 aromatic carbocycles. The molecule has 150 valence electrons. The van der Waals surface area contributed by atoms with E-state index in [1.807, 2.05) is 30.3 Å². The van der Waals surface area contributed by atoms with Crippen LogP contribution in [0.3, 0.4) is 0 Å². The average molecular weight is 404 g/mol. The van der Waals surface area contributed by atoms with Gasteiger partial charge in [0.15, 0.2) is 0 Å². The van der Waals surface area contributed by atoms with E-state index in [1.165, 1.54) is 6.92 Å². The van der Waals surface area contributed by atoms with Gasteiger partial charge in [-0.05, 0) is 37.1 Å². The number of halogens is 3. The lowest BCUT2D eigenvalue weighted by Crippen LogP contribution is -2.46. The first-order valence-electron chi connectivity index (χ1n) is 8.46. The fourth-order valence-corrected chi connectivity index (χ4v) is 3.12. The number of imide groups is 1. The first-order chi connectivity index (χ1) is 12.7. The Bertz CT molecular complexity index is 624. The van der Waals surface area contributed by atoms with E-state index < -0.39 is 35.6 Å². The first kappa shape index (κ1) is 23.2. The largest absolute Gasteiger partial charge is 0.450 e. The number of amides is 2. The van der Waals surface area contributed by atoms with Crippen molar-refractivity contribution in [2.75, 3.05) is 18.1 Å². The fraction of sp³-hybridized carbons (Fsp3) is 0.500. The number of hydrogen-bond acceptors (Lipinski definition) is 5. The van der Waals surface area contributed by atoms with Crippen molar-refractivity contribution < 1.29 is 27.6 Å². The fourth-order valence-electron chi connectivity index (χ4n) is 2.26. The molecular weight excluding hydrogens is 381 g/mol. The monoisotopic (exact) mass is 404 g/mol. The number of ketones is 1. The van der Waals surface area contributed by atoms with E-state index >= 15 is 0 Å². The molecule has 1 aromatic rings. The van der Waals surface area contributed by atoms with Crippen LogP contribution in [0.2, 0.25) is 0 Å². The van der Waals surface area contributed by atoms with Gasteiger partial charge in [-0.1, -0.05) is 30.3 Å². The van der Waals surface area contributed by atoms with Crippen LogP contribution >= 0.6 is 11.8 Å². The number of carbonyl (C=O) groups is 3. The van der Waals surface area contributed by atoms with Crippen molar-refractivity contribution in [3.8, 4) is 0 Å². The number of carbonyl (C=O) groups excluding carboxylic acids is 3. The maximum Gasteiger partial charge on any atom is 0.450 e. The van der Waals surface area contributed by atoms with Crippen molar-refractivity contribution in [1.29, 1.82) is 0 Å². The number of rotatable bonds is 11. The van der Waals surface area contributed by atoms with Crippen LogP contribution in [-0.2, 0) is 20.8 Å². The van der Waals surface area contributed by atoms with Crippen molar-refractivity contribution in [3.05, 3.63) is 35.9 Å². The predicted octanol–water partition coefficient (Wildman–Crippen LogP) is 2.49. The first-order valence-corrected chi connectivity index (χ1v) is 9.62. The third kappa shape index (κ3) is 10.1. The Hall–Kier alpha value is -1.87. The van der Waals surface area contributed by atoms with Crippen LogP contribution in [0, 0.1) is 0 Å². The summed E-state index contributed by atoms with van der Waals surface area (Å²) in [6.45, 7) is 1.75.